The molecule has 6 heteroatoms. The molecule has 1 N–H and O–H groups in total. The second-order valence-corrected chi connectivity index (χ2v) is 7.42. The van der Waals surface area contributed by atoms with Gasteiger partial charge in [-0.25, -0.2) is 4.98 Å². The van der Waals surface area contributed by atoms with Crippen LogP contribution in [0.2, 0.25) is 5.02 Å². The predicted molar refractivity (Wildman–Crippen MR) is 117 cm³/mol. The molecule has 0 bridgehead atoms. The van der Waals surface area contributed by atoms with Crippen LogP contribution < -0.4 is 10.1 Å². The predicted octanol–water partition coefficient (Wildman–Crippen LogP) is 5.22. The third kappa shape index (κ3) is 5.18. The first-order valence-corrected chi connectivity index (χ1v) is 10.1. The van der Waals surface area contributed by atoms with E-state index in [9.17, 15) is 4.79 Å². The van der Waals surface area contributed by atoms with Crippen LogP contribution in [0.15, 0.2) is 55.1 Å². The minimum absolute atomic E-state index is 0.206. The fourth-order valence-corrected chi connectivity index (χ4v) is 3.38. The van der Waals surface area contributed by atoms with E-state index in [0.29, 0.717) is 6.61 Å². The van der Waals surface area contributed by atoms with E-state index in [4.69, 9.17) is 21.3 Å². The second kappa shape index (κ2) is 9.61. The van der Waals surface area contributed by atoms with Gasteiger partial charge in [0.05, 0.1) is 23.7 Å². The number of ether oxygens (including phenoxy) is 1. The number of aromatic nitrogens is 2. The number of hydrogen-bond acceptors (Lipinski definition) is 3. The number of halogens is 1. The lowest BCUT2D eigenvalue weighted by molar-refractivity contribution is -0.117. The molecule has 0 radical (unpaired) electrons. The second-order valence-electron chi connectivity index (χ2n) is 7.01. The molecule has 1 heterocycles. The van der Waals surface area contributed by atoms with Gasteiger partial charge in [-0.3, -0.25) is 4.79 Å². The van der Waals surface area contributed by atoms with Crippen LogP contribution in [0, 0.1) is 6.92 Å². The lowest BCUT2D eigenvalue weighted by atomic mass is 10.2. The number of nitrogens with zero attached hydrogens (tertiary/aromatic N) is 2. The zero-order chi connectivity index (χ0) is 20.8. The quantitative estimate of drug-likeness (QED) is 0.388. The van der Waals surface area contributed by atoms with Crippen molar-refractivity contribution >= 4 is 28.5 Å². The standard InChI is InChI=1S/C23H26ClN3O2/c1-4-22(28)25-17(3)23-26-20-9-5-6-10-21(20)27(23)13-7-8-14-29-18-11-12-19(24)16(2)15-18/h4-6,9-12,15,17H,1,7-8,13-14H2,2-3H3,(H,25,28). The molecule has 3 aromatic rings. The topological polar surface area (TPSA) is 56.2 Å². The number of unbranched alkanes of at least 4 members (excludes halogenated alkanes) is 1. The molecule has 1 atom stereocenters. The molecule has 1 aromatic heterocycles. The highest BCUT2D eigenvalue weighted by Crippen LogP contribution is 2.23. The minimum atomic E-state index is -0.207. The fourth-order valence-electron chi connectivity index (χ4n) is 3.27. The van der Waals surface area contributed by atoms with Crippen LogP contribution >= 0.6 is 11.6 Å². The van der Waals surface area contributed by atoms with Gasteiger partial charge in [-0.05, 0) is 68.7 Å². The summed E-state index contributed by atoms with van der Waals surface area (Å²) in [5.74, 6) is 1.47. The Morgan fingerprint density at radius 1 is 1.31 bits per heavy atom. The Hall–Kier alpha value is -2.79. The Labute approximate surface area is 176 Å². The highest BCUT2D eigenvalue weighted by molar-refractivity contribution is 6.31. The van der Waals surface area contributed by atoms with Crippen molar-refractivity contribution < 1.29 is 9.53 Å². The summed E-state index contributed by atoms with van der Waals surface area (Å²) in [7, 11) is 0. The van der Waals surface area contributed by atoms with E-state index < -0.39 is 0 Å². The van der Waals surface area contributed by atoms with Crippen LogP contribution in [-0.2, 0) is 11.3 Å². The molecule has 0 fully saturated rings. The molecule has 0 saturated carbocycles. The molecular weight excluding hydrogens is 386 g/mol. The maximum atomic E-state index is 11.7. The summed E-state index contributed by atoms with van der Waals surface area (Å²) < 4.78 is 8.02. The number of para-hydroxylation sites is 2. The van der Waals surface area contributed by atoms with Gasteiger partial charge in [-0.15, -0.1) is 0 Å². The smallest absolute Gasteiger partial charge is 0.243 e. The highest BCUT2D eigenvalue weighted by atomic mass is 35.5. The van der Waals surface area contributed by atoms with E-state index in [1.165, 1.54) is 6.08 Å². The van der Waals surface area contributed by atoms with Crippen LogP contribution in [0.5, 0.6) is 5.75 Å². The minimum Gasteiger partial charge on any atom is -0.494 e. The lowest BCUT2D eigenvalue weighted by Gasteiger charge is -2.15. The van der Waals surface area contributed by atoms with Crippen molar-refractivity contribution in [2.45, 2.75) is 39.3 Å². The first-order chi connectivity index (χ1) is 14.0. The van der Waals surface area contributed by atoms with Gasteiger partial charge in [0, 0.05) is 11.6 Å². The zero-order valence-electron chi connectivity index (χ0n) is 16.8. The van der Waals surface area contributed by atoms with E-state index >= 15 is 0 Å². The molecule has 152 valence electrons. The number of benzene rings is 2. The molecule has 0 spiro atoms. The van der Waals surface area contributed by atoms with E-state index in [0.717, 1.165) is 52.6 Å². The SMILES string of the molecule is C=CC(=O)NC(C)c1nc2ccccc2n1CCCCOc1ccc(Cl)c(C)c1. The van der Waals surface area contributed by atoms with Crippen molar-refractivity contribution in [2.24, 2.45) is 0 Å². The van der Waals surface area contributed by atoms with Gasteiger partial charge in [0.1, 0.15) is 11.6 Å². The Bertz CT molecular complexity index is 1010. The summed E-state index contributed by atoms with van der Waals surface area (Å²) in [4.78, 5) is 16.4. The van der Waals surface area contributed by atoms with Crippen LogP contribution in [-0.4, -0.2) is 22.1 Å². The number of rotatable bonds is 9. The van der Waals surface area contributed by atoms with E-state index in [-0.39, 0.29) is 11.9 Å². The number of nitrogens with one attached hydrogen (secondary N) is 1. The Kier molecular flexibility index (Phi) is 6.94. The third-order valence-electron chi connectivity index (χ3n) is 4.79. The van der Waals surface area contributed by atoms with Gasteiger partial charge in [0.2, 0.25) is 5.91 Å². The normalized spacial score (nSPS) is 12.0. The van der Waals surface area contributed by atoms with E-state index in [1.54, 1.807) is 0 Å². The van der Waals surface area contributed by atoms with Crippen molar-refractivity contribution in [3.63, 3.8) is 0 Å². The highest BCUT2D eigenvalue weighted by Gasteiger charge is 2.17. The fraction of sp³-hybridized carbons (Fsp3) is 0.304. The van der Waals surface area contributed by atoms with Gasteiger partial charge in [0.25, 0.3) is 0 Å². The molecule has 0 saturated heterocycles. The number of imidazole rings is 1. The van der Waals surface area contributed by atoms with E-state index in [2.05, 4.69) is 22.5 Å². The van der Waals surface area contributed by atoms with Gasteiger partial charge >= 0.3 is 0 Å². The van der Waals surface area contributed by atoms with Crippen LogP contribution in [0.1, 0.15) is 37.2 Å². The first-order valence-electron chi connectivity index (χ1n) is 9.76. The molecule has 5 nitrogen and oxygen atoms in total. The monoisotopic (exact) mass is 411 g/mol. The van der Waals surface area contributed by atoms with Crippen molar-refractivity contribution in [1.82, 2.24) is 14.9 Å². The maximum Gasteiger partial charge on any atom is 0.243 e. The molecule has 3 rings (SSSR count). The van der Waals surface area contributed by atoms with Crippen molar-refractivity contribution in [3.8, 4) is 5.75 Å². The number of fused-ring (bicyclic) bond motifs is 1. The number of amides is 1. The molecule has 1 unspecified atom stereocenters. The van der Waals surface area contributed by atoms with Gasteiger partial charge in [-0.1, -0.05) is 30.3 Å². The summed E-state index contributed by atoms with van der Waals surface area (Å²) in [5, 5.41) is 3.65. The summed E-state index contributed by atoms with van der Waals surface area (Å²) in [6, 6.07) is 13.5. The van der Waals surface area contributed by atoms with Crippen molar-refractivity contribution in [1.29, 1.82) is 0 Å². The Morgan fingerprint density at radius 3 is 2.86 bits per heavy atom. The van der Waals surface area contributed by atoms with Gasteiger partial charge in [0.15, 0.2) is 0 Å². The van der Waals surface area contributed by atoms with Crippen LogP contribution in [0.3, 0.4) is 0 Å². The summed E-state index contributed by atoms with van der Waals surface area (Å²) in [5.41, 5.74) is 3.00. The maximum absolute atomic E-state index is 11.7. The largest absolute Gasteiger partial charge is 0.494 e. The van der Waals surface area contributed by atoms with Crippen LogP contribution in [0.25, 0.3) is 11.0 Å². The number of carbonyl (C=O) groups excluding carboxylic acids is 1. The summed E-state index contributed by atoms with van der Waals surface area (Å²) in [6.45, 7) is 8.85. The van der Waals surface area contributed by atoms with Crippen molar-refractivity contribution in [3.05, 3.63) is 71.5 Å². The number of carbonyl (C=O) groups is 1. The summed E-state index contributed by atoms with van der Waals surface area (Å²) in [6.07, 6.45) is 3.11. The zero-order valence-corrected chi connectivity index (χ0v) is 17.6. The Morgan fingerprint density at radius 2 is 2.10 bits per heavy atom. The lowest BCUT2D eigenvalue weighted by Crippen LogP contribution is -2.27. The van der Waals surface area contributed by atoms with E-state index in [1.807, 2.05) is 50.2 Å². The molecular formula is C23H26ClN3O2. The average molecular weight is 412 g/mol. The van der Waals surface area contributed by atoms with Gasteiger partial charge < -0.3 is 14.6 Å². The third-order valence-corrected chi connectivity index (χ3v) is 5.21. The molecule has 29 heavy (non-hydrogen) atoms. The molecule has 0 aliphatic heterocycles. The van der Waals surface area contributed by atoms with Crippen LogP contribution in [0.4, 0.5) is 0 Å². The van der Waals surface area contributed by atoms with Gasteiger partial charge in [-0.2, -0.15) is 0 Å². The molecule has 0 aliphatic carbocycles. The molecule has 0 aliphatic rings. The molecule has 2 aromatic carbocycles. The Balaban J connectivity index is 1.64. The molecule has 1 amide bonds. The first kappa shape index (κ1) is 20.9. The number of aryl methyl sites for hydroxylation is 2. The summed E-state index contributed by atoms with van der Waals surface area (Å²) >= 11 is 6.05. The van der Waals surface area contributed by atoms with Crippen molar-refractivity contribution in [2.75, 3.05) is 6.61 Å². The number of hydrogen-bond donors (Lipinski definition) is 1. The average Bonchev–Trinajstić information content (AvgIpc) is 3.09.